The minimum Gasteiger partial charge on any atom is -0.406 e. The van der Waals surface area contributed by atoms with Crippen LogP contribution in [0.1, 0.15) is 53.5 Å². The summed E-state index contributed by atoms with van der Waals surface area (Å²) in [4.78, 5) is 14.9. The van der Waals surface area contributed by atoms with Gasteiger partial charge in [0, 0.05) is 25.1 Å². The summed E-state index contributed by atoms with van der Waals surface area (Å²) in [7, 11) is 0. The molecule has 0 aliphatic carbocycles. The first kappa shape index (κ1) is 20.1. The number of nitrogens with zero attached hydrogens (tertiary/aromatic N) is 3. The molecule has 30 heavy (non-hydrogen) atoms. The lowest BCUT2D eigenvalue weighted by Gasteiger charge is -2.18. The third-order valence-corrected chi connectivity index (χ3v) is 5.28. The summed E-state index contributed by atoms with van der Waals surface area (Å²) in [6.45, 7) is 1.78. The number of carbonyl (C=O) groups excluding carboxylic acids is 1. The van der Waals surface area contributed by atoms with Crippen LogP contribution < -0.4 is 10.2 Å². The molecule has 0 saturated carbocycles. The fourth-order valence-corrected chi connectivity index (χ4v) is 3.68. The monoisotopic (exact) mass is 408 g/mol. The van der Waals surface area contributed by atoms with E-state index < -0.39 is 11.9 Å². The molecule has 1 atom stereocenters. The molecular formula is C23H25FN4O2. The molecule has 1 amide bonds. The fraction of sp³-hybridized carbons (Fsp3) is 0.348. The maximum absolute atomic E-state index is 13.6. The third kappa shape index (κ3) is 5.03. The molecule has 0 bridgehead atoms. The number of benzene rings is 2. The van der Waals surface area contributed by atoms with Gasteiger partial charge in [-0.15, -0.1) is 5.10 Å². The van der Waals surface area contributed by atoms with Gasteiger partial charge in [-0.2, -0.15) is 0 Å². The van der Waals surface area contributed by atoms with E-state index in [-0.39, 0.29) is 11.5 Å². The quantitative estimate of drug-likeness (QED) is 0.658. The second-order valence-corrected chi connectivity index (χ2v) is 7.55. The van der Waals surface area contributed by atoms with Crippen molar-refractivity contribution in [3.63, 3.8) is 0 Å². The van der Waals surface area contributed by atoms with Gasteiger partial charge in [0.05, 0.1) is 0 Å². The van der Waals surface area contributed by atoms with Gasteiger partial charge in [-0.05, 0) is 36.6 Å². The summed E-state index contributed by atoms with van der Waals surface area (Å²) in [5.41, 5.74) is 1.27. The number of nitrogens with one attached hydrogen (secondary N) is 1. The van der Waals surface area contributed by atoms with Crippen LogP contribution in [0.25, 0.3) is 0 Å². The van der Waals surface area contributed by atoms with E-state index in [1.165, 1.54) is 31.0 Å². The van der Waals surface area contributed by atoms with E-state index in [9.17, 15) is 9.18 Å². The average Bonchev–Trinajstić information content (AvgIpc) is 3.09. The van der Waals surface area contributed by atoms with Crippen LogP contribution in [0.15, 0.2) is 59.0 Å². The Morgan fingerprint density at radius 1 is 1.03 bits per heavy atom. The van der Waals surface area contributed by atoms with Crippen molar-refractivity contribution >= 4 is 11.9 Å². The van der Waals surface area contributed by atoms with Gasteiger partial charge in [0.15, 0.2) is 0 Å². The fourth-order valence-electron chi connectivity index (χ4n) is 3.68. The van der Waals surface area contributed by atoms with Crippen LogP contribution in [0.2, 0.25) is 0 Å². The van der Waals surface area contributed by atoms with E-state index in [0.29, 0.717) is 18.3 Å². The molecule has 3 aromatic rings. The minimum absolute atomic E-state index is 0.250. The number of rotatable bonds is 6. The average molecular weight is 408 g/mol. The highest BCUT2D eigenvalue weighted by molar-refractivity contribution is 5.94. The summed E-state index contributed by atoms with van der Waals surface area (Å²) < 4.78 is 19.5. The number of amides is 1. The molecule has 0 spiro atoms. The molecule has 4 rings (SSSR count). The zero-order valence-corrected chi connectivity index (χ0v) is 16.8. The molecule has 1 saturated heterocycles. The smallest absolute Gasteiger partial charge is 0.318 e. The molecule has 1 aliphatic rings. The number of aromatic nitrogens is 2. The van der Waals surface area contributed by atoms with E-state index in [1.54, 1.807) is 6.07 Å². The van der Waals surface area contributed by atoms with Crippen molar-refractivity contribution in [2.24, 2.45) is 0 Å². The van der Waals surface area contributed by atoms with Gasteiger partial charge in [-0.25, -0.2) is 4.39 Å². The van der Waals surface area contributed by atoms with Crippen LogP contribution in [0.5, 0.6) is 0 Å². The number of hydrogen-bond acceptors (Lipinski definition) is 5. The zero-order chi connectivity index (χ0) is 20.8. The van der Waals surface area contributed by atoms with Gasteiger partial charge in [-0.1, -0.05) is 54.3 Å². The molecule has 1 fully saturated rings. The highest BCUT2D eigenvalue weighted by Crippen LogP contribution is 2.23. The van der Waals surface area contributed by atoms with Crippen molar-refractivity contribution < 1.29 is 13.6 Å². The first-order valence-corrected chi connectivity index (χ1v) is 10.4. The molecule has 6 nitrogen and oxygen atoms in total. The predicted octanol–water partition coefficient (Wildman–Crippen LogP) is 4.30. The molecule has 1 aromatic heterocycles. The van der Waals surface area contributed by atoms with Gasteiger partial charge in [0.25, 0.3) is 5.91 Å². The largest absolute Gasteiger partial charge is 0.406 e. The minimum atomic E-state index is -0.517. The Bertz CT molecular complexity index is 968. The van der Waals surface area contributed by atoms with Gasteiger partial charge in [-0.3, -0.25) is 4.79 Å². The van der Waals surface area contributed by atoms with Gasteiger partial charge >= 0.3 is 6.01 Å². The SMILES string of the molecule is O=C(N[C@H](Cc1ccccc1)c1nnc(N2CCCCCC2)o1)c1cccc(F)c1. The highest BCUT2D eigenvalue weighted by atomic mass is 19.1. The lowest BCUT2D eigenvalue weighted by Crippen LogP contribution is -2.30. The summed E-state index contributed by atoms with van der Waals surface area (Å²) in [5, 5.41) is 11.4. The summed E-state index contributed by atoms with van der Waals surface area (Å²) in [6.07, 6.45) is 5.10. The van der Waals surface area contributed by atoms with Gasteiger partial charge in [0.2, 0.25) is 5.89 Å². The van der Waals surface area contributed by atoms with Crippen molar-refractivity contribution in [2.45, 2.75) is 38.1 Å². The molecule has 0 radical (unpaired) electrons. The Labute approximate surface area is 175 Å². The molecule has 2 heterocycles. The first-order valence-electron chi connectivity index (χ1n) is 10.4. The number of carbonyl (C=O) groups is 1. The van der Waals surface area contributed by atoms with Crippen LogP contribution >= 0.6 is 0 Å². The molecule has 1 aliphatic heterocycles. The second-order valence-electron chi connectivity index (χ2n) is 7.55. The Morgan fingerprint density at radius 3 is 2.53 bits per heavy atom. The van der Waals surface area contributed by atoms with Crippen LogP contribution in [0.4, 0.5) is 10.4 Å². The second kappa shape index (κ2) is 9.52. The van der Waals surface area contributed by atoms with Crippen LogP contribution in [-0.4, -0.2) is 29.2 Å². The van der Waals surface area contributed by atoms with Gasteiger partial charge in [0.1, 0.15) is 11.9 Å². The zero-order valence-electron chi connectivity index (χ0n) is 16.8. The number of hydrogen-bond donors (Lipinski definition) is 1. The standard InChI is InChI=1S/C23H25FN4O2/c24-19-12-8-11-18(16-19)21(29)25-20(15-17-9-4-3-5-10-17)22-26-27-23(30-22)28-13-6-1-2-7-14-28/h3-5,8-12,16,20H,1-2,6-7,13-15H2,(H,25,29)/t20-/m1/s1. The van der Waals surface area contributed by atoms with Crippen molar-refractivity contribution in [1.29, 1.82) is 0 Å². The number of halogens is 1. The summed E-state index contributed by atoms with van der Waals surface area (Å²) in [6, 6.07) is 15.4. The molecule has 1 N–H and O–H groups in total. The maximum atomic E-state index is 13.6. The molecule has 0 unspecified atom stereocenters. The van der Waals surface area contributed by atoms with Crippen molar-refractivity contribution in [3.05, 3.63) is 77.4 Å². The lowest BCUT2D eigenvalue weighted by atomic mass is 10.1. The van der Waals surface area contributed by atoms with E-state index in [4.69, 9.17) is 4.42 Å². The molecular weight excluding hydrogens is 383 g/mol. The normalized spacial score (nSPS) is 15.4. The topological polar surface area (TPSA) is 71.3 Å². The van der Waals surface area contributed by atoms with Crippen molar-refractivity contribution in [2.75, 3.05) is 18.0 Å². The van der Waals surface area contributed by atoms with Gasteiger partial charge < -0.3 is 14.6 Å². The Balaban J connectivity index is 1.56. The molecule has 7 heteroatoms. The maximum Gasteiger partial charge on any atom is 0.318 e. The Hall–Kier alpha value is -3.22. The summed E-state index contributed by atoms with van der Waals surface area (Å²) in [5.74, 6) is -0.490. The molecule has 2 aromatic carbocycles. The van der Waals surface area contributed by atoms with Crippen LogP contribution in [-0.2, 0) is 6.42 Å². The van der Waals surface area contributed by atoms with E-state index in [0.717, 1.165) is 31.5 Å². The predicted molar refractivity (Wildman–Crippen MR) is 112 cm³/mol. The Morgan fingerprint density at radius 2 is 1.80 bits per heavy atom. The third-order valence-electron chi connectivity index (χ3n) is 5.28. The lowest BCUT2D eigenvalue weighted by molar-refractivity contribution is 0.0929. The molecule has 156 valence electrons. The van der Waals surface area contributed by atoms with Crippen molar-refractivity contribution in [1.82, 2.24) is 15.5 Å². The number of anilines is 1. The highest BCUT2D eigenvalue weighted by Gasteiger charge is 2.24. The van der Waals surface area contributed by atoms with E-state index in [2.05, 4.69) is 20.4 Å². The van der Waals surface area contributed by atoms with E-state index in [1.807, 2.05) is 30.3 Å². The van der Waals surface area contributed by atoms with Crippen LogP contribution in [0.3, 0.4) is 0 Å². The van der Waals surface area contributed by atoms with Crippen LogP contribution in [0, 0.1) is 5.82 Å². The van der Waals surface area contributed by atoms with E-state index >= 15 is 0 Å². The summed E-state index contributed by atoms with van der Waals surface area (Å²) >= 11 is 0. The Kier molecular flexibility index (Phi) is 6.37. The first-order chi connectivity index (χ1) is 14.7. The van der Waals surface area contributed by atoms with Crippen molar-refractivity contribution in [3.8, 4) is 0 Å².